The Labute approximate surface area is 175 Å². The summed E-state index contributed by atoms with van der Waals surface area (Å²) in [5, 5.41) is 0. The molecule has 0 bridgehead atoms. The molecule has 0 saturated heterocycles. The fraction of sp³-hybridized carbons (Fsp3) is 0.318. The van der Waals surface area contributed by atoms with E-state index in [9.17, 15) is 14.4 Å². The van der Waals surface area contributed by atoms with E-state index in [2.05, 4.69) is 10.9 Å². The number of para-hydroxylation sites is 1. The molecule has 0 aromatic heterocycles. The minimum Gasteiger partial charge on any atom is -0.493 e. The molecule has 2 aromatic carbocycles. The fourth-order valence-corrected chi connectivity index (χ4v) is 2.34. The van der Waals surface area contributed by atoms with Crippen LogP contribution in [0, 0.1) is 0 Å². The Balaban J connectivity index is 1.80. The maximum Gasteiger partial charge on any atom is 0.338 e. The molecule has 0 heterocycles. The molecule has 8 heteroatoms. The van der Waals surface area contributed by atoms with Crippen molar-refractivity contribution >= 4 is 17.8 Å². The molecular weight excluding hydrogens is 388 g/mol. The van der Waals surface area contributed by atoms with E-state index in [1.807, 2.05) is 13.8 Å². The molecule has 2 aromatic rings. The van der Waals surface area contributed by atoms with Gasteiger partial charge < -0.3 is 14.2 Å². The van der Waals surface area contributed by atoms with E-state index in [1.165, 1.54) is 0 Å². The lowest BCUT2D eigenvalue weighted by Gasteiger charge is -2.12. The number of rotatable bonds is 10. The normalized spacial score (nSPS) is 10.1. The van der Waals surface area contributed by atoms with Crippen LogP contribution in [0.1, 0.15) is 47.4 Å². The maximum absolute atomic E-state index is 12.3. The van der Waals surface area contributed by atoms with Gasteiger partial charge in [-0.3, -0.25) is 20.4 Å². The minimum atomic E-state index is -0.540. The van der Waals surface area contributed by atoms with Crippen LogP contribution in [-0.2, 0) is 9.53 Å². The van der Waals surface area contributed by atoms with Gasteiger partial charge in [0.1, 0.15) is 11.5 Å². The monoisotopic (exact) mass is 414 g/mol. The Morgan fingerprint density at radius 3 is 2.23 bits per heavy atom. The van der Waals surface area contributed by atoms with Gasteiger partial charge in [-0.05, 0) is 49.2 Å². The number of benzene rings is 2. The number of carbonyl (C=O) groups excluding carboxylic acids is 3. The van der Waals surface area contributed by atoms with E-state index in [4.69, 9.17) is 14.2 Å². The van der Waals surface area contributed by atoms with Gasteiger partial charge in [0.2, 0.25) is 0 Å². The average Bonchev–Trinajstić information content (AvgIpc) is 2.78. The highest BCUT2D eigenvalue weighted by molar-refractivity contribution is 5.97. The van der Waals surface area contributed by atoms with Gasteiger partial charge in [-0.1, -0.05) is 26.0 Å². The molecule has 0 aliphatic heterocycles. The number of esters is 1. The Hall–Kier alpha value is -3.55. The second-order valence-corrected chi connectivity index (χ2v) is 6.30. The van der Waals surface area contributed by atoms with Gasteiger partial charge in [-0.25, -0.2) is 4.79 Å². The predicted molar refractivity (Wildman–Crippen MR) is 110 cm³/mol. The van der Waals surface area contributed by atoms with Crippen molar-refractivity contribution in [3.8, 4) is 11.5 Å². The molecule has 0 aliphatic rings. The quantitative estimate of drug-likeness (QED) is 0.458. The first kappa shape index (κ1) is 22.7. The zero-order chi connectivity index (χ0) is 21.8. The van der Waals surface area contributed by atoms with Crippen LogP contribution in [0.2, 0.25) is 0 Å². The minimum absolute atomic E-state index is 0.312. The van der Waals surface area contributed by atoms with E-state index in [0.717, 1.165) is 12.8 Å². The van der Waals surface area contributed by atoms with Crippen LogP contribution >= 0.6 is 0 Å². The van der Waals surface area contributed by atoms with Crippen LogP contribution in [0.5, 0.6) is 11.5 Å². The zero-order valence-electron chi connectivity index (χ0n) is 17.1. The third kappa shape index (κ3) is 7.12. The Morgan fingerprint density at radius 2 is 1.53 bits per heavy atom. The van der Waals surface area contributed by atoms with E-state index in [0.29, 0.717) is 35.8 Å². The van der Waals surface area contributed by atoms with Crippen molar-refractivity contribution in [3.05, 3.63) is 59.7 Å². The standard InChI is InChI=1S/C22H26N2O6/c1-3-13-28-19-8-6-5-7-18(19)21(26)24-23-20(25)15-30-17-11-9-16(10-12-17)22(27)29-14-4-2/h5-12H,3-4,13-15H2,1-2H3,(H,23,25)(H,24,26). The summed E-state index contributed by atoms with van der Waals surface area (Å²) in [6.07, 6.45) is 1.56. The lowest BCUT2D eigenvalue weighted by molar-refractivity contribution is -0.123. The molecule has 2 amide bonds. The number of ether oxygens (including phenoxy) is 3. The molecule has 0 saturated carbocycles. The summed E-state index contributed by atoms with van der Waals surface area (Å²) in [5.74, 6) is -0.597. The van der Waals surface area contributed by atoms with E-state index >= 15 is 0 Å². The largest absolute Gasteiger partial charge is 0.493 e. The highest BCUT2D eigenvalue weighted by atomic mass is 16.5. The molecule has 0 atom stereocenters. The van der Waals surface area contributed by atoms with Crippen LogP contribution < -0.4 is 20.3 Å². The smallest absolute Gasteiger partial charge is 0.338 e. The van der Waals surface area contributed by atoms with Crippen LogP contribution in [0.15, 0.2) is 48.5 Å². The summed E-state index contributed by atoms with van der Waals surface area (Å²) in [6, 6.07) is 13.0. The summed E-state index contributed by atoms with van der Waals surface area (Å²) in [5.41, 5.74) is 5.35. The molecule has 30 heavy (non-hydrogen) atoms. The van der Waals surface area contributed by atoms with Gasteiger partial charge in [0.05, 0.1) is 24.3 Å². The van der Waals surface area contributed by atoms with Crippen molar-refractivity contribution in [1.82, 2.24) is 10.9 Å². The molecular formula is C22H26N2O6. The third-order valence-corrected chi connectivity index (χ3v) is 3.81. The van der Waals surface area contributed by atoms with Gasteiger partial charge in [-0.15, -0.1) is 0 Å². The van der Waals surface area contributed by atoms with Crippen LogP contribution in [0.3, 0.4) is 0 Å². The number of amides is 2. The summed E-state index contributed by atoms with van der Waals surface area (Å²) in [7, 11) is 0. The van der Waals surface area contributed by atoms with E-state index < -0.39 is 17.8 Å². The van der Waals surface area contributed by atoms with Gasteiger partial charge >= 0.3 is 5.97 Å². The number of hydrogen-bond acceptors (Lipinski definition) is 6. The maximum atomic E-state index is 12.3. The van der Waals surface area contributed by atoms with Gasteiger partial charge in [-0.2, -0.15) is 0 Å². The van der Waals surface area contributed by atoms with E-state index in [1.54, 1.807) is 48.5 Å². The van der Waals surface area contributed by atoms with Crippen LogP contribution in [0.25, 0.3) is 0 Å². The molecule has 2 N–H and O–H groups in total. The van der Waals surface area contributed by atoms with Gasteiger partial charge in [0, 0.05) is 0 Å². The van der Waals surface area contributed by atoms with Gasteiger partial charge in [0.15, 0.2) is 6.61 Å². The molecule has 0 radical (unpaired) electrons. The topological polar surface area (TPSA) is 103 Å². The molecule has 0 fully saturated rings. The second-order valence-electron chi connectivity index (χ2n) is 6.30. The first-order chi connectivity index (χ1) is 14.5. The summed E-state index contributed by atoms with van der Waals surface area (Å²) < 4.78 is 15.9. The number of nitrogens with one attached hydrogen (secondary N) is 2. The number of carbonyl (C=O) groups is 3. The fourth-order valence-electron chi connectivity index (χ4n) is 2.34. The summed E-state index contributed by atoms with van der Waals surface area (Å²) >= 11 is 0. The molecule has 0 unspecified atom stereocenters. The van der Waals surface area contributed by atoms with Gasteiger partial charge in [0.25, 0.3) is 11.8 Å². The summed E-state index contributed by atoms with van der Waals surface area (Å²) in [6.45, 7) is 4.41. The molecule has 160 valence electrons. The first-order valence-electron chi connectivity index (χ1n) is 9.76. The van der Waals surface area contributed by atoms with Crippen LogP contribution in [-0.4, -0.2) is 37.6 Å². The molecule has 0 aliphatic carbocycles. The van der Waals surface area contributed by atoms with Crippen molar-refractivity contribution in [1.29, 1.82) is 0 Å². The number of hydrazine groups is 1. The highest BCUT2D eigenvalue weighted by Gasteiger charge is 2.13. The predicted octanol–water partition coefficient (Wildman–Crippen LogP) is 2.88. The Kier molecular flexibility index (Phi) is 9.18. The third-order valence-electron chi connectivity index (χ3n) is 3.81. The lowest BCUT2D eigenvalue weighted by atomic mass is 10.2. The second kappa shape index (κ2) is 12.1. The van der Waals surface area contributed by atoms with Crippen molar-refractivity contribution in [3.63, 3.8) is 0 Å². The Morgan fingerprint density at radius 1 is 0.833 bits per heavy atom. The lowest BCUT2D eigenvalue weighted by Crippen LogP contribution is -2.43. The van der Waals surface area contributed by atoms with Crippen molar-refractivity contribution in [2.24, 2.45) is 0 Å². The summed E-state index contributed by atoms with van der Waals surface area (Å²) in [4.78, 5) is 36.0. The molecule has 0 spiro atoms. The van der Waals surface area contributed by atoms with Crippen molar-refractivity contribution in [2.45, 2.75) is 26.7 Å². The highest BCUT2D eigenvalue weighted by Crippen LogP contribution is 2.17. The SMILES string of the molecule is CCCOC(=O)c1ccc(OCC(=O)NNC(=O)c2ccccc2OCCC)cc1. The molecule has 2 rings (SSSR count). The van der Waals surface area contributed by atoms with E-state index in [-0.39, 0.29) is 6.61 Å². The van der Waals surface area contributed by atoms with Crippen molar-refractivity contribution < 1.29 is 28.6 Å². The van der Waals surface area contributed by atoms with Crippen molar-refractivity contribution in [2.75, 3.05) is 19.8 Å². The Bertz CT molecular complexity index is 851. The van der Waals surface area contributed by atoms with Crippen LogP contribution in [0.4, 0.5) is 0 Å². The first-order valence-corrected chi connectivity index (χ1v) is 9.76. The number of hydrogen-bond donors (Lipinski definition) is 2. The molecule has 8 nitrogen and oxygen atoms in total. The zero-order valence-corrected chi connectivity index (χ0v) is 17.1. The average molecular weight is 414 g/mol.